The Hall–Kier alpha value is -1.20. The van der Waals surface area contributed by atoms with E-state index >= 15 is 0 Å². The van der Waals surface area contributed by atoms with Crippen LogP contribution < -0.4 is 10.2 Å². The molecule has 0 saturated carbocycles. The van der Waals surface area contributed by atoms with Crippen LogP contribution in [0.15, 0.2) is 6.07 Å². The van der Waals surface area contributed by atoms with Gasteiger partial charge >= 0.3 is 0 Å². The van der Waals surface area contributed by atoms with Crippen molar-refractivity contribution < 1.29 is 0 Å². The summed E-state index contributed by atoms with van der Waals surface area (Å²) in [5.41, 5.74) is 1.08. The van der Waals surface area contributed by atoms with E-state index in [1.807, 2.05) is 0 Å². The monoisotopic (exact) mass is 317 g/mol. The molecule has 1 aromatic heterocycles. The minimum absolute atomic E-state index is 0.384. The number of rotatable bonds is 4. The molecule has 5 heteroatoms. The number of aryl methyl sites for hydroxylation is 1. The van der Waals surface area contributed by atoms with Gasteiger partial charge in [-0.3, -0.25) is 4.90 Å². The fourth-order valence-corrected chi connectivity index (χ4v) is 3.58. The lowest BCUT2D eigenvalue weighted by atomic mass is 9.97. The second kappa shape index (κ2) is 7.58. The van der Waals surface area contributed by atoms with Gasteiger partial charge in [0.05, 0.1) is 0 Å². The lowest BCUT2D eigenvalue weighted by Crippen LogP contribution is -2.49. The zero-order valence-corrected chi connectivity index (χ0v) is 14.9. The summed E-state index contributed by atoms with van der Waals surface area (Å²) in [4.78, 5) is 14.4. The highest BCUT2D eigenvalue weighted by molar-refractivity contribution is 5.40. The first-order chi connectivity index (χ1) is 11.1. The maximum atomic E-state index is 4.79. The number of hydrogen-bond acceptors (Lipinski definition) is 5. The Kier molecular flexibility index (Phi) is 5.49. The highest BCUT2D eigenvalue weighted by atomic mass is 15.3. The zero-order chi connectivity index (χ0) is 16.2. The van der Waals surface area contributed by atoms with Crippen molar-refractivity contribution in [2.45, 2.75) is 39.5 Å². The first-order valence-corrected chi connectivity index (χ1v) is 9.15. The van der Waals surface area contributed by atoms with Crippen molar-refractivity contribution in [2.24, 2.45) is 5.92 Å². The van der Waals surface area contributed by atoms with E-state index in [1.165, 1.54) is 32.5 Å². The van der Waals surface area contributed by atoms with Gasteiger partial charge in [0, 0.05) is 50.4 Å². The van der Waals surface area contributed by atoms with Crippen LogP contribution in [0.25, 0.3) is 0 Å². The summed E-state index contributed by atoms with van der Waals surface area (Å²) in [6, 6.07) is 2.13. The minimum atomic E-state index is 0.384. The van der Waals surface area contributed by atoms with Crippen molar-refractivity contribution in [3.8, 4) is 0 Å². The Morgan fingerprint density at radius 1 is 1.13 bits per heavy atom. The van der Waals surface area contributed by atoms with Crippen molar-refractivity contribution in [3.05, 3.63) is 17.6 Å². The van der Waals surface area contributed by atoms with Crippen LogP contribution >= 0.6 is 0 Å². The molecule has 1 N–H and O–H groups in total. The van der Waals surface area contributed by atoms with Gasteiger partial charge in [-0.05, 0) is 38.8 Å². The van der Waals surface area contributed by atoms with Crippen LogP contribution in [0, 0.1) is 12.8 Å². The van der Waals surface area contributed by atoms with E-state index < -0.39 is 0 Å². The summed E-state index contributed by atoms with van der Waals surface area (Å²) in [7, 11) is 0. The highest BCUT2D eigenvalue weighted by Crippen LogP contribution is 2.20. The molecule has 5 nitrogen and oxygen atoms in total. The zero-order valence-electron chi connectivity index (χ0n) is 14.9. The topological polar surface area (TPSA) is 44.3 Å². The number of piperazine rings is 1. The van der Waals surface area contributed by atoms with Crippen LogP contribution in [-0.4, -0.2) is 60.7 Å². The quantitative estimate of drug-likeness (QED) is 0.920. The Bertz CT molecular complexity index is 502. The maximum absolute atomic E-state index is 4.79. The van der Waals surface area contributed by atoms with E-state index in [2.05, 4.69) is 46.9 Å². The molecule has 0 aromatic carbocycles. The van der Waals surface area contributed by atoms with Crippen LogP contribution in [0.4, 0.5) is 5.82 Å². The number of aromatic nitrogens is 2. The number of anilines is 1. The van der Waals surface area contributed by atoms with Gasteiger partial charge in [-0.25, -0.2) is 9.97 Å². The van der Waals surface area contributed by atoms with Gasteiger partial charge < -0.3 is 10.2 Å². The Balaban J connectivity index is 1.56. The molecule has 3 heterocycles. The van der Waals surface area contributed by atoms with Gasteiger partial charge in [0.15, 0.2) is 0 Å². The van der Waals surface area contributed by atoms with Gasteiger partial charge in [-0.15, -0.1) is 0 Å². The largest absolute Gasteiger partial charge is 0.354 e. The van der Waals surface area contributed by atoms with Crippen molar-refractivity contribution in [1.82, 2.24) is 20.2 Å². The highest BCUT2D eigenvalue weighted by Gasteiger charge is 2.22. The van der Waals surface area contributed by atoms with Gasteiger partial charge in [0.1, 0.15) is 11.6 Å². The molecular weight excluding hydrogens is 286 g/mol. The normalized spacial score (nSPS) is 21.1. The molecule has 23 heavy (non-hydrogen) atoms. The van der Waals surface area contributed by atoms with Gasteiger partial charge in [0.25, 0.3) is 0 Å². The molecule has 2 fully saturated rings. The second-order valence-electron chi connectivity index (χ2n) is 7.36. The van der Waals surface area contributed by atoms with Crippen LogP contribution in [0.1, 0.15) is 44.1 Å². The fraction of sp³-hybridized carbons (Fsp3) is 0.778. The number of nitrogens with one attached hydrogen (secondary N) is 1. The van der Waals surface area contributed by atoms with Crippen LogP contribution in [0.2, 0.25) is 0 Å². The Labute approximate surface area is 140 Å². The molecule has 0 spiro atoms. The molecule has 0 unspecified atom stereocenters. The Morgan fingerprint density at radius 3 is 2.48 bits per heavy atom. The summed E-state index contributed by atoms with van der Waals surface area (Å²) >= 11 is 0. The summed E-state index contributed by atoms with van der Waals surface area (Å²) in [5, 5.41) is 3.46. The summed E-state index contributed by atoms with van der Waals surface area (Å²) in [5.74, 6) is 3.35. The van der Waals surface area contributed by atoms with Gasteiger partial charge in [-0.1, -0.05) is 13.8 Å². The average molecular weight is 317 g/mol. The van der Waals surface area contributed by atoms with Crippen LogP contribution in [0.3, 0.4) is 0 Å². The predicted octanol–water partition coefficient (Wildman–Crippen LogP) is 2.03. The van der Waals surface area contributed by atoms with E-state index in [1.54, 1.807) is 0 Å². The molecule has 0 amide bonds. The maximum Gasteiger partial charge on any atom is 0.133 e. The number of piperidine rings is 1. The average Bonchev–Trinajstić information content (AvgIpc) is 2.56. The van der Waals surface area contributed by atoms with E-state index in [9.17, 15) is 0 Å². The molecule has 0 aliphatic carbocycles. The minimum Gasteiger partial charge on any atom is -0.354 e. The molecule has 2 aliphatic heterocycles. The summed E-state index contributed by atoms with van der Waals surface area (Å²) in [6.45, 7) is 14.5. The van der Waals surface area contributed by atoms with E-state index in [4.69, 9.17) is 4.98 Å². The van der Waals surface area contributed by atoms with Crippen molar-refractivity contribution in [1.29, 1.82) is 0 Å². The third-order valence-corrected chi connectivity index (χ3v) is 5.05. The smallest absolute Gasteiger partial charge is 0.133 e. The summed E-state index contributed by atoms with van der Waals surface area (Å²) < 4.78 is 0. The first-order valence-electron chi connectivity index (χ1n) is 9.15. The number of nitrogens with zero attached hydrogens (tertiary/aromatic N) is 4. The van der Waals surface area contributed by atoms with Crippen molar-refractivity contribution in [3.63, 3.8) is 0 Å². The number of hydrogen-bond donors (Lipinski definition) is 1. The third-order valence-electron chi connectivity index (χ3n) is 5.05. The summed E-state index contributed by atoms with van der Waals surface area (Å²) in [6.07, 6.45) is 2.67. The molecular formula is C18H31N5. The van der Waals surface area contributed by atoms with Crippen molar-refractivity contribution >= 4 is 5.82 Å². The van der Waals surface area contributed by atoms with Gasteiger partial charge in [-0.2, -0.15) is 0 Å². The molecule has 0 radical (unpaired) electrons. The molecule has 3 rings (SSSR count). The van der Waals surface area contributed by atoms with Crippen molar-refractivity contribution in [2.75, 3.05) is 50.7 Å². The molecule has 128 valence electrons. The lowest BCUT2D eigenvalue weighted by molar-refractivity contribution is 0.196. The second-order valence-corrected chi connectivity index (χ2v) is 7.36. The van der Waals surface area contributed by atoms with E-state index in [0.717, 1.165) is 49.4 Å². The van der Waals surface area contributed by atoms with E-state index in [0.29, 0.717) is 5.92 Å². The SMILES string of the molecule is Cc1cc(N2CCN(CC3CCNCC3)CC2)nc(C(C)C)n1. The van der Waals surface area contributed by atoms with E-state index in [-0.39, 0.29) is 0 Å². The molecule has 2 saturated heterocycles. The molecule has 1 aromatic rings. The molecule has 0 atom stereocenters. The predicted molar refractivity (Wildman–Crippen MR) is 95.1 cm³/mol. The lowest BCUT2D eigenvalue weighted by Gasteiger charge is -2.38. The van der Waals surface area contributed by atoms with Crippen LogP contribution in [-0.2, 0) is 0 Å². The molecule has 2 aliphatic rings. The van der Waals surface area contributed by atoms with Crippen LogP contribution in [0.5, 0.6) is 0 Å². The standard InChI is InChI=1S/C18H31N5/c1-14(2)18-20-15(3)12-17(21-18)23-10-8-22(9-11-23)13-16-4-6-19-7-5-16/h12,14,16,19H,4-11,13H2,1-3H3. The fourth-order valence-electron chi connectivity index (χ4n) is 3.58. The van der Waals surface area contributed by atoms with Gasteiger partial charge in [0.2, 0.25) is 0 Å². The molecule has 0 bridgehead atoms. The Morgan fingerprint density at radius 2 is 1.83 bits per heavy atom. The third kappa shape index (κ3) is 4.42. The first kappa shape index (κ1) is 16.7.